The molecule has 0 saturated carbocycles. The average Bonchev–Trinajstić information content (AvgIpc) is 3.08. The van der Waals surface area contributed by atoms with Crippen LogP contribution in [0, 0.1) is 0 Å². The maximum Gasteiger partial charge on any atom is 0.329 e. The number of imidazole rings is 1. The molecule has 2 amide bonds. The highest BCUT2D eigenvalue weighted by Gasteiger charge is 2.24. The number of carbonyl (C=O) groups excluding carboxylic acids is 2. The van der Waals surface area contributed by atoms with Crippen molar-refractivity contribution in [3.63, 3.8) is 0 Å². The van der Waals surface area contributed by atoms with Crippen LogP contribution in [-0.4, -0.2) is 50.0 Å². The van der Waals surface area contributed by atoms with E-state index >= 15 is 0 Å². The lowest BCUT2D eigenvalue weighted by molar-refractivity contribution is -0.122. The molecule has 162 valence electrons. The fourth-order valence-corrected chi connectivity index (χ4v) is 4.21. The average molecular weight is 422 g/mol. The summed E-state index contributed by atoms with van der Waals surface area (Å²) in [7, 11) is 0. The molecule has 3 heterocycles. The molecule has 1 aliphatic rings. The molecule has 0 bridgehead atoms. The first-order valence-corrected chi connectivity index (χ1v) is 10.7. The second-order valence-electron chi connectivity index (χ2n) is 7.79. The number of likely N-dealkylation sites (tertiary alicyclic amines) is 1. The van der Waals surface area contributed by atoms with E-state index in [1.807, 2.05) is 36.1 Å². The minimum absolute atomic E-state index is 0.00105. The predicted molar refractivity (Wildman–Crippen MR) is 118 cm³/mol. The van der Waals surface area contributed by atoms with Crippen LogP contribution in [0.4, 0.5) is 0 Å². The number of rotatable bonds is 6. The van der Waals surface area contributed by atoms with Gasteiger partial charge in [0.05, 0.1) is 11.0 Å². The standard InChI is InChI=1S/C23H27N5O3/c1-2-27-19-5-3-4-6-20(19)28(23(27)31)16-11-21(29)25-18-9-14-26(15-10-18)22(30)17-7-12-24-13-8-17/h3-8,12-13,18H,2,9-11,14-16H2,1H3,(H,25,29). The Morgan fingerprint density at radius 3 is 2.32 bits per heavy atom. The summed E-state index contributed by atoms with van der Waals surface area (Å²) in [6, 6.07) is 11.1. The maximum absolute atomic E-state index is 12.7. The van der Waals surface area contributed by atoms with E-state index in [0.29, 0.717) is 31.7 Å². The molecule has 1 N–H and O–H groups in total. The Balaban J connectivity index is 1.31. The van der Waals surface area contributed by atoms with Crippen molar-refractivity contribution in [1.82, 2.24) is 24.3 Å². The molecule has 8 nitrogen and oxygen atoms in total. The third-order valence-electron chi connectivity index (χ3n) is 5.88. The number of aromatic nitrogens is 3. The third-order valence-corrected chi connectivity index (χ3v) is 5.88. The molecular formula is C23H27N5O3. The quantitative estimate of drug-likeness (QED) is 0.660. The van der Waals surface area contributed by atoms with E-state index in [4.69, 9.17) is 0 Å². The zero-order valence-electron chi connectivity index (χ0n) is 17.7. The van der Waals surface area contributed by atoms with Crippen LogP contribution >= 0.6 is 0 Å². The molecule has 1 saturated heterocycles. The molecule has 8 heteroatoms. The molecule has 31 heavy (non-hydrogen) atoms. The van der Waals surface area contributed by atoms with Crippen molar-refractivity contribution in [2.75, 3.05) is 13.1 Å². The number of aryl methyl sites for hydroxylation is 2. The number of nitrogens with one attached hydrogen (secondary N) is 1. The number of piperidine rings is 1. The molecule has 4 rings (SSSR count). The highest BCUT2D eigenvalue weighted by atomic mass is 16.2. The lowest BCUT2D eigenvalue weighted by Gasteiger charge is -2.32. The van der Waals surface area contributed by atoms with Crippen LogP contribution in [-0.2, 0) is 17.9 Å². The first kappa shape index (κ1) is 20.8. The third kappa shape index (κ3) is 4.38. The van der Waals surface area contributed by atoms with Gasteiger partial charge in [-0.3, -0.25) is 23.7 Å². The fraction of sp³-hybridized carbons (Fsp3) is 0.391. The van der Waals surface area contributed by atoms with Crippen LogP contribution in [0.1, 0.15) is 36.5 Å². The molecule has 1 aromatic carbocycles. The zero-order valence-corrected chi connectivity index (χ0v) is 17.7. The summed E-state index contributed by atoms with van der Waals surface area (Å²) < 4.78 is 3.40. The zero-order chi connectivity index (χ0) is 21.8. The van der Waals surface area contributed by atoms with E-state index in [0.717, 1.165) is 23.9 Å². The Morgan fingerprint density at radius 1 is 1.03 bits per heavy atom. The molecule has 0 spiro atoms. The van der Waals surface area contributed by atoms with Crippen molar-refractivity contribution in [2.45, 2.75) is 45.3 Å². The van der Waals surface area contributed by atoms with E-state index in [-0.39, 0.29) is 30.0 Å². The highest BCUT2D eigenvalue weighted by Crippen LogP contribution is 2.15. The highest BCUT2D eigenvalue weighted by molar-refractivity contribution is 5.94. The number of hydrogen-bond donors (Lipinski definition) is 1. The summed E-state index contributed by atoms with van der Waals surface area (Å²) in [6.07, 6.45) is 4.91. The Hall–Kier alpha value is -3.42. The van der Waals surface area contributed by atoms with Crippen LogP contribution in [0.15, 0.2) is 53.6 Å². The summed E-state index contributed by atoms with van der Waals surface area (Å²) in [6.45, 7) is 4.09. The first-order chi connectivity index (χ1) is 15.1. The molecule has 0 atom stereocenters. The topological polar surface area (TPSA) is 89.2 Å². The normalized spacial score (nSPS) is 14.7. The number of pyridine rings is 1. The molecule has 1 aliphatic heterocycles. The van der Waals surface area contributed by atoms with E-state index in [1.165, 1.54) is 0 Å². The molecule has 0 aliphatic carbocycles. The van der Waals surface area contributed by atoms with Crippen LogP contribution in [0.25, 0.3) is 11.0 Å². The van der Waals surface area contributed by atoms with E-state index in [2.05, 4.69) is 10.3 Å². The van der Waals surface area contributed by atoms with Crippen molar-refractivity contribution in [3.05, 3.63) is 64.8 Å². The van der Waals surface area contributed by atoms with E-state index in [1.54, 1.807) is 33.7 Å². The second-order valence-corrected chi connectivity index (χ2v) is 7.79. The van der Waals surface area contributed by atoms with Crippen molar-refractivity contribution in [1.29, 1.82) is 0 Å². The van der Waals surface area contributed by atoms with Gasteiger partial charge in [-0.05, 0) is 44.0 Å². The summed E-state index contributed by atoms with van der Waals surface area (Å²) in [5.41, 5.74) is 2.29. The number of amides is 2. The van der Waals surface area contributed by atoms with Gasteiger partial charge in [0.15, 0.2) is 0 Å². The first-order valence-electron chi connectivity index (χ1n) is 10.7. The van der Waals surface area contributed by atoms with E-state index in [9.17, 15) is 14.4 Å². The van der Waals surface area contributed by atoms with Crippen LogP contribution < -0.4 is 11.0 Å². The summed E-state index contributed by atoms with van der Waals surface area (Å²) in [5.74, 6) is -0.0713. The van der Waals surface area contributed by atoms with Gasteiger partial charge >= 0.3 is 5.69 Å². The van der Waals surface area contributed by atoms with Gasteiger partial charge in [0.1, 0.15) is 0 Å². The Labute approximate surface area is 180 Å². The number of benzene rings is 1. The minimum Gasteiger partial charge on any atom is -0.353 e. The Kier molecular flexibility index (Phi) is 6.16. The van der Waals surface area contributed by atoms with Crippen LogP contribution in [0.2, 0.25) is 0 Å². The number of carbonyl (C=O) groups is 2. The fourth-order valence-electron chi connectivity index (χ4n) is 4.21. The maximum atomic E-state index is 12.7. The molecule has 2 aromatic heterocycles. The number of fused-ring (bicyclic) bond motifs is 1. The molecular weight excluding hydrogens is 394 g/mol. The smallest absolute Gasteiger partial charge is 0.329 e. The SMILES string of the molecule is CCn1c(=O)n(CCC(=O)NC2CCN(C(=O)c3ccncc3)CC2)c2ccccc21. The largest absolute Gasteiger partial charge is 0.353 e. The van der Waals surface area contributed by atoms with Crippen LogP contribution in [0.5, 0.6) is 0 Å². The molecule has 1 fully saturated rings. The molecule has 0 radical (unpaired) electrons. The molecule has 3 aromatic rings. The summed E-state index contributed by atoms with van der Waals surface area (Å²) >= 11 is 0. The van der Waals surface area contributed by atoms with Crippen LogP contribution in [0.3, 0.4) is 0 Å². The van der Waals surface area contributed by atoms with Crippen molar-refractivity contribution in [3.8, 4) is 0 Å². The Bertz CT molecular complexity index is 1130. The van der Waals surface area contributed by atoms with Gasteiger partial charge in [0, 0.05) is 56.6 Å². The van der Waals surface area contributed by atoms with Gasteiger partial charge in [-0.2, -0.15) is 0 Å². The van der Waals surface area contributed by atoms with Gasteiger partial charge in [0.25, 0.3) is 5.91 Å². The lowest BCUT2D eigenvalue weighted by atomic mass is 10.0. The predicted octanol–water partition coefficient (Wildman–Crippen LogP) is 2.03. The molecule has 0 unspecified atom stereocenters. The number of para-hydroxylation sites is 2. The monoisotopic (exact) mass is 421 g/mol. The van der Waals surface area contributed by atoms with Crippen molar-refractivity contribution in [2.24, 2.45) is 0 Å². The van der Waals surface area contributed by atoms with Crippen molar-refractivity contribution >= 4 is 22.8 Å². The van der Waals surface area contributed by atoms with Crippen molar-refractivity contribution < 1.29 is 9.59 Å². The lowest BCUT2D eigenvalue weighted by Crippen LogP contribution is -2.46. The van der Waals surface area contributed by atoms with Gasteiger partial charge in [-0.1, -0.05) is 12.1 Å². The van der Waals surface area contributed by atoms with E-state index < -0.39 is 0 Å². The van der Waals surface area contributed by atoms with Gasteiger partial charge in [-0.15, -0.1) is 0 Å². The Morgan fingerprint density at radius 2 is 1.68 bits per heavy atom. The van der Waals surface area contributed by atoms with Gasteiger partial charge < -0.3 is 10.2 Å². The van der Waals surface area contributed by atoms with Gasteiger partial charge in [-0.25, -0.2) is 4.79 Å². The number of hydrogen-bond acceptors (Lipinski definition) is 4. The second kappa shape index (κ2) is 9.16. The summed E-state index contributed by atoms with van der Waals surface area (Å²) in [5, 5.41) is 3.07. The minimum atomic E-state index is -0.0839. The number of nitrogens with zero attached hydrogens (tertiary/aromatic N) is 4. The van der Waals surface area contributed by atoms with Gasteiger partial charge in [0.2, 0.25) is 5.91 Å². The summed E-state index contributed by atoms with van der Waals surface area (Å²) in [4.78, 5) is 43.5.